The van der Waals surface area contributed by atoms with Crippen LogP contribution in [0.4, 0.5) is 4.79 Å². The van der Waals surface area contributed by atoms with Gasteiger partial charge in [0.25, 0.3) is 0 Å². The quantitative estimate of drug-likeness (QED) is 0.764. The number of nitrogens with zero attached hydrogens (tertiary/aromatic N) is 1. The number of likely N-dealkylation sites (tertiary alicyclic amines) is 1. The summed E-state index contributed by atoms with van der Waals surface area (Å²) in [5, 5.41) is 2.73. The second-order valence-corrected chi connectivity index (χ2v) is 4.95. The highest BCUT2D eigenvalue weighted by Crippen LogP contribution is 2.29. The summed E-state index contributed by atoms with van der Waals surface area (Å²) in [5.74, 6) is 0.683. The van der Waals surface area contributed by atoms with Gasteiger partial charge in [-0.15, -0.1) is 0 Å². The molecule has 2 unspecified atom stereocenters. The fourth-order valence-electron chi connectivity index (χ4n) is 2.65. The van der Waals surface area contributed by atoms with Gasteiger partial charge in [0.2, 0.25) is 0 Å². The molecular formula is C11H20N2O2. The minimum Gasteiger partial charge on any atom is -0.441 e. The summed E-state index contributed by atoms with van der Waals surface area (Å²) in [5.41, 5.74) is -0.272. The zero-order valence-corrected chi connectivity index (χ0v) is 9.58. The van der Waals surface area contributed by atoms with Gasteiger partial charge in [0, 0.05) is 6.54 Å². The molecule has 0 bridgehead atoms. The van der Waals surface area contributed by atoms with Crippen molar-refractivity contribution >= 4 is 6.09 Å². The standard InChI is InChI=1S/C11H20N2O2/c1-3-13-5-4-9(7-13)6-11(2)8-12-10(14)15-11/h9H,3-8H2,1-2H3,(H,12,14). The zero-order valence-electron chi connectivity index (χ0n) is 9.58. The lowest BCUT2D eigenvalue weighted by Gasteiger charge is -2.24. The lowest BCUT2D eigenvalue weighted by Crippen LogP contribution is -2.33. The molecule has 86 valence electrons. The Hall–Kier alpha value is -0.770. The number of carbonyl (C=O) groups excluding carboxylic acids is 1. The van der Waals surface area contributed by atoms with Gasteiger partial charge >= 0.3 is 6.09 Å². The molecule has 0 spiro atoms. The molecule has 2 rings (SSSR count). The lowest BCUT2D eigenvalue weighted by molar-refractivity contribution is 0.0519. The molecule has 1 N–H and O–H groups in total. The molecule has 4 nitrogen and oxygen atoms in total. The summed E-state index contributed by atoms with van der Waals surface area (Å²) < 4.78 is 5.31. The summed E-state index contributed by atoms with van der Waals surface area (Å²) in [4.78, 5) is 13.5. The number of cyclic esters (lactones) is 1. The van der Waals surface area contributed by atoms with E-state index in [4.69, 9.17) is 4.74 Å². The van der Waals surface area contributed by atoms with E-state index < -0.39 is 0 Å². The van der Waals surface area contributed by atoms with Crippen molar-refractivity contribution in [2.45, 2.75) is 32.3 Å². The van der Waals surface area contributed by atoms with Crippen LogP contribution in [0, 0.1) is 5.92 Å². The molecule has 2 fully saturated rings. The fourth-order valence-corrected chi connectivity index (χ4v) is 2.65. The SMILES string of the molecule is CCN1CCC(CC2(C)CNC(=O)O2)C1. The first kappa shape index (κ1) is 10.7. The number of ether oxygens (including phenoxy) is 1. The third-order valence-corrected chi connectivity index (χ3v) is 3.48. The molecule has 15 heavy (non-hydrogen) atoms. The largest absolute Gasteiger partial charge is 0.441 e. The Bertz CT molecular complexity index is 257. The second kappa shape index (κ2) is 4.00. The lowest BCUT2D eigenvalue weighted by atomic mass is 9.91. The molecule has 2 saturated heterocycles. The average molecular weight is 212 g/mol. The summed E-state index contributed by atoms with van der Waals surface area (Å²) in [6.07, 6.45) is 1.96. The monoisotopic (exact) mass is 212 g/mol. The van der Waals surface area contributed by atoms with Crippen molar-refractivity contribution in [2.24, 2.45) is 5.92 Å². The first-order valence-corrected chi connectivity index (χ1v) is 5.80. The molecule has 0 radical (unpaired) electrons. The van der Waals surface area contributed by atoms with E-state index in [9.17, 15) is 4.79 Å². The molecular weight excluding hydrogens is 192 g/mol. The highest BCUT2D eigenvalue weighted by atomic mass is 16.6. The van der Waals surface area contributed by atoms with Gasteiger partial charge in [-0.05, 0) is 38.8 Å². The van der Waals surface area contributed by atoms with Crippen LogP contribution in [0.5, 0.6) is 0 Å². The van der Waals surface area contributed by atoms with Crippen LogP contribution >= 0.6 is 0 Å². The number of hydrogen-bond acceptors (Lipinski definition) is 3. The van der Waals surface area contributed by atoms with Crippen LogP contribution in [0.15, 0.2) is 0 Å². The molecule has 2 aliphatic rings. The zero-order chi connectivity index (χ0) is 10.9. The van der Waals surface area contributed by atoms with Gasteiger partial charge < -0.3 is 15.0 Å². The number of alkyl carbamates (subject to hydrolysis) is 1. The van der Waals surface area contributed by atoms with Gasteiger partial charge in [-0.25, -0.2) is 4.79 Å². The number of carbonyl (C=O) groups is 1. The fraction of sp³-hybridized carbons (Fsp3) is 0.909. The summed E-state index contributed by atoms with van der Waals surface area (Å²) in [6.45, 7) is 8.36. The number of amides is 1. The van der Waals surface area contributed by atoms with Gasteiger partial charge in [0.15, 0.2) is 0 Å². The van der Waals surface area contributed by atoms with Gasteiger partial charge in [0.05, 0.1) is 6.54 Å². The number of hydrogen-bond donors (Lipinski definition) is 1. The highest BCUT2D eigenvalue weighted by Gasteiger charge is 2.38. The first-order chi connectivity index (χ1) is 7.11. The third-order valence-electron chi connectivity index (χ3n) is 3.48. The molecule has 0 aromatic heterocycles. The van der Waals surface area contributed by atoms with Crippen LogP contribution in [0.3, 0.4) is 0 Å². The van der Waals surface area contributed by atoms with Crippen molar-refractivity contribution in [2.75, 3.05) is 26.2 Å². The van der Waals surface area contributed by atoms with Crippen molar-refractivity contribution in [3.63, 3.8) is 0 Å². The summed E-state index contributed by atoms with van der Waals surface area (Å²) in [7, 11) is 0. The molecule has 2 atom stereocenters. The molecule has 0 saturated carbocycles. The van der Waals surface area contributed by atoms with E-state index in [1.165, 1.54) is 13.0 Å². The van der Waals surface area contributed by atoms with E-state index in [1.54, 1.807) is 0 Å². The van der Waals surface area contributed by atoms with Gasteiger partial charge in [-0.2, -0.15) is 0 Å². The minimum atomic E-state index is -0.272. The van der Waals surface area contributed by atoms with Crippen molar-refractivity contribution in [3.8, 4) is 0 Å². The van der Waals surface area contributed by atoms with Gasteiger partial charge in [-0.1, -0.05) is 6.92 Å². The maximum Gasteiger partial charge on any atom is 0.407 e. The Kier molecular flexibility index (Phi) is 2.87. The van der Waals surface area contributed by atoms with Crippen LogP contribution in [0.2, 0.25) is 0 Å². The molecule has 1 amide bonds. The number of rotatable bonds is 3. The Balaban J connectivity index is 1.84. The molecule has 0 aromatic carbocycles. The topological polar surface area (TPSA) is 41.6 Å². The molecule has 0 aliphatic carbocycles. The molecule has 4 heteroatoms. The molecule has 2 heterocycles. The summed E-state index contributed by atoms with van der Waals surface area (Å²) >= 11 is 0. The Morgan fingerprint density at radius 1 is 1.67 bits per heavy atom. The van der Waals surface area contributed by atoms with E-state index in [0.717, 1.165) is 19.5 Å². The smallest absolute Gasteiger partial charge is 0.407 e. The maximum absolute atomic E-state index is 11.0. The third kappa shape index (κ3) is 2.43. The predicted octanol–water partition coefficient (Wildman–Crippen LogP) is 1.22. The van der Waals surface area contributed by atoms with Gasteiger partial charge in [0.1, 0.15) is 5.60 Å². The van der Waals surface area contributed by atoms with Crippen LogP contribution in [-0.2, 0) is 4.74 Å². The van der Waals surface area contributed by atoms with E-state index in [0.29, 0.717) is 12.5 Å². The van der Waals surface area contributed by atoms with Crippen LogP contribution < -0.4 is 5.32 Å². The highest BCUT2D eigenvalue weighted by molar-refractivity contribution is 5.70. The number of nitrogens with one attached hydrogen (secondary N) is 1. The van der Waals surface area contributed by atoms with E-state index in [2.05, 4.69) is 17.1 Å². The van der Waals surface area contributed by atoms with Crippen molar-refractivity contribution in [1.82, 2.24) is 10.2 Å². The normalized spacial score (nSPS) is 36.7. The van der Waals surface area contributed by atoms with E-state index in [-0.39, 0.29) is 11.7 Å². The summed E-state index contributed by atoms with van der Waals surface area (Å²) in [6, 6.07) is 0. The van der Waals surface area contributed by atoms with Gasteiger partial charge in [-0.3, -0.25) is 0 Å². The second-order valence-electron chi connectivity index (χ2n) is 4.95. The van der Waals surface area contributed by atoms with E-state index in [1.807, 2.05) is 6.92 Å². The molecule has 0 aromatic rings. The van der Waals surface area contributed by atoms with Crippen molar-refractivity contribution in [1.29, 1.82) is 0 Å². The molecule has 2 aliphatic heterocycles. The average Bonchev–Trinajstić information content (AvgIpc) is 2.74. The van der Waals surface area contributed by atoms with Crippen LogP contribution in [0.1, 0.15) is 26.7 Å². The Morgan fingerprint density at radius 3 is 3.00 bits per heavy atom. The van der Waals surface area contributed by atoms with Crippen LogP contribution in [-0.4, -0.2) is 42.8 Å². The predicted molar refractivity (Wildman–Crippen MR) is 57.7 cm³/mol. The Labute approximate surface area is 91.0 Å². The van der Waals surface area contributed by atoms with Crippen LogP contribution in [0.25, 0.3) is 0 Å². The van der Waals surface area contributed by atoms with Crippen molar-refractivity contribution in [3.05, 3.63) is 0 Å². The van der Waals surface area contributed by atoms with E-state index >= 15 is 0 Å². The maximum atomic E-state index is 11.0. The van der Waals surface area contributed by atoms with Crippen molar-refractivity contribution < 1.29 is 9.53 Å². The first-order valence-electron chi connectivity index (χ1n) is 5.80. The minimum absolute atomic E-state index is 0.261. The Morgan fingerprint density at radius 2 is 2.47 bits per heavy atom.